The summed E-state index contributed by atoms with van der Waals surface area (Å²) in [5.74, 6) is 1.77. The number of nitrogens with zero attached hydrogens (tertiary/aromatic N) is 2. The fraction of sp³-hybridized carbons (Fsp3) is 0.0385. The highest BCUT2D eigenvalue weighted by atomic mass is 16.5. The van der Waals surface area contributed by atoms with Crippen LogP contribution in [0, 0.1) is 0 Å². The Bertz CT molecular complexity index is 1230. The predicted octanol–water partition coefficient (Wildman–Crippen LogP) is 6.25. The summed E-state index contributed by atoms with van der Waals surface area (Å²) in [6.45, 7) is 0.560. The number of aromatic nitrogens is 2. The van der Waals surface area contributed by atoms with Gasteiger partial charge >= 0.3 is 0 Å². The number of imidazole rings is 1. The van der Waals surface area contributed by atoms with Crippen LogP contribution in [0.1, 0.15) is 5.56 Å². The first-order chi connectivity index (χ1) is 14.4. The number of fused-ring (bicyclic) bond motifs is 1. The summed E-state index contributed by atoms with van der Waals surface area (Å²) in [6.07, 6.45) is 2.06. The predicted molar refractivity (Wildman–Crippen MR) is 117 cm³/mol. The van der Waals surface area contributed by atoms with Gasteiger partial charge in [0, 0.05) is 17.3 Å². The largest absolute Gasteiger partial charge is 0.489 e. The van der Waals surface area contributed by atoms with Crippen LogP contribution < -0.4 is 4.74 Å². The molecule has 2 heterocycles. The second kappa shape index (κ2) is 7.64. The van der Waals surface area contributed by atoms with Crippen LogP contribution in [0.25, 0.3) is 28.2 Å². The molecule has 3 aromatic carbocycles. The van der Waals surface area contributed by atoms with Gasteiger partial charge < -0.3 is 4.74 Å². The van der Waals surface area contributed by atoms with E-state index in [9.17, 15) is 0 Å². The highest BCUT2D eigenvalue weighted by Crippen LogP contribution is 2.30. The Morgan fingerprint density at radius 1 is 0.655 bits per heavy atom. The van der Waals surface area contributed by atoms with Gasteiger partial charge in [0.15, 0.2) is 0 Å². The molecule has 0 unspecified atom stereocenters. The Hall–Kier alpha value is -3.85. The van der Waals surface area contributed by atoms with E-state index >= 15 is 0 Å². The highest BCUT2D eigenvalue weighted by Gasteiger charge is 2.13. The van der Waals surface area contributed by atoms with Gasteiger partial charge in [0.25, 0.3) is 0 Å². The van der Waals surface area contributed by atoms with Crippen LogP contribution >= 0.6 is 0 Å². The van der Waals surface area contributed by atoms with E-state index in [1.54, 1.807) is 0 Å². The van der Waals surface area contributed by atoms with Crippen molar-refractivity contribution in [3.63, 3.8) is 0 Å². The maximum atomic E-state index is 5.92. The van der Waals surface area contributed by atoms with Gasteiger partial charge in [-0.1, -0.05) is 66.7 Å². The van der Waals surface area contributed by atoms with Gasteiger partial charge in [-0.05, 0) is 42.0 Å². The van der Waals surface area contributed by atoms with Crippen molar-refractivity contribution < 1.29 is 4.74 Å². The lowest BCUT2D eigenvalue weighted by atomic mass is 10.1. The molecule has 0 bridgehead atoms. The van der Waals surface area contributed by atoms with Gasteiger partial charge in [-0.15, -0.1) is 0 Å². The summed E-state index contributed by atoms with van der Waals surface area (Å²) >= 11 is 0. The van der Waals surface area contributed by atoms with E-state index in [-0.39, 0.29) is 0 Å². The Kier molecular flexibility index (Phi) is 4.55. The second-order valence-electron chi connectivity index (χ2n) is 6.90. The first-order valence-corrected chi connectivity index (χ1v) is 9.68. The minimum Gasteiger partial charge on any atom is -0.489 e. The highest BCUT2D eigenvalue weighted by molar-refractivity contribution is 5.81. The molecule has 2 aromatic heterocycles. The fourth-order valence-electron chi connectivity index (χ4n) is 3.49. The molecule has 140 valence electrons. The molecule has 0 amide bonds. The number of hydrogen-bond donors (Lipinski definition) is 0. The van der Waals surface area contributed by atoms with Crippen LogP contribution in [0.3, 0.4) is 0 Å². The zero-order valence-corrected chi connectivity index (χ0v) is 15.9. The maximum absolute atomic E-state index is 5.92. The molecule has 0 N–H and O–H groups in total. The van der Waals surface area contributed by atoms with Crippen molar-refractivity contribution in [1.29, 1.82) is 0 Å². The van der Waals surface area contributed by atoms with Gasteiger partial charge in [0.05, 0.1) is 11.2 Å². The van der Waals surface area contributed by atoms with Gasteiger partial charge in [-0.25, -0.2) is 4.98 Å². The van der Waals surface area contributed by atoms with E-state index in [2.05, 4.69) is 53.1 Å². The first-order valence-electron chi connectivity index (χ1n) is 9.68. The van der Waals surface area contributed by atoms with Gasteiger partial charge in [-0.3, -0.25) is 4.40 Å². The molecule has 0 atom stereocenters. The summed E-state index contributed by atoms with van der Waals surface area (Å²) in [5.41, 5.74) is 5.41. The molecule has 0 aliphatic heterocycles. The maximum Gasteiger partial charge on any atom is 0.145 e. The minimum absolute atomic E-state index is 0.560. The standard InChI is InChI=1S/C26H20N2O/c1-3-9-20(10-4-1)19-29-23-16-14-22(15-17-23)26-27-25(21-11-5-2-6-12-21)24-13-7-8-18-28(24)26/h1-18H,19H2. The minimum atomic E-state index is 0.560. The van der Waals surface area contributed by atoms with Crippen LogP contribution in [-0.2, 0) is 6.61 Å². The van der Waals surface area contributed by atoms with E-state index < -0.39 is 0 Å². The van der Waals surface area contributed by atoms with Crippen LogP contribution in [0.5, 0.6) is 5.75 Å². The van der Waals surface area contributed by atoms with Crippen molar-refractivity contribution >= 4 is 5.52 Å². The van der Waals surface area contributed by atoms with E-state index in [1.807, 2.05) is 60.7 Å². The van der Waals surface area contributed by atoms with E-state index in [0.717, 1.165) is 39.5 Å². The quantitative estimate of drug-likeness (QED) is 0.362. The lowest BCUT2D eigenvalue weighted by Crippen LogP contribution is -1.95. The van der Waals surface area contributed by atoms with Crippen LogP contribution in [0.2, 0.25) is 0 Å². The number of rotatable bonds is 5. The average molecular weight is 376 g/mol. The Morgan fingerprint density at radius 3 is 2.10 bits per heavy atom. The molecule has 3 heteroatoms. The van der Waals surface area contributed by atoms with Crippen LogP contribution in [-0.4, -0.2) is 9.38 Å². The zero-order valence-electron chi connectivity index (χ0n) is 15.9. The topological polar surface area (TPSA) is 26.5 Å². The summed E-state index contributed by atoms with van der Waals surface area (Å²) in [6, 6.07) is 34.8. The smallest absolute Gasteiger partial charge is 0.145 e. The summed E-state index contributed by atoms with van der Waals surface area (Å²) < 4.78 is 8.06. The van der Waals surface area contributed by atoms with Crippen molar-refractivity contribution in [2.45, 2.75) is 6.61 Å². The second-order valence-corrected chi connectivity index (χ2v) is 6.90. The molecular weight excluding hydrogens is 356 g/mol. The van der Waals surface area contributed by atoms with Crippen molar-refractivity contribution in [2.24, 2.45) is 0 Å². The SMILES string of the molecule is c1ccc(COc2ccc(-c3nc(-c4ccccc4)c4ccccn34)cc2)cc1. The van der Waals surface area contributed by atoms with E-state index in [1.165, 1.54) is 0 Å². The van der Waals surface area contributed by atoms with Gasteiger partial charge in [-0.2, -0.15) is 0 Å². The van der Waals surface area contributed by atoms with Gasteiger partial charge in [0.1, 0.15) is 18.2 Å². The number of hydrogen-bond acceptors (Lipinski definition) is 2. The Morgan fingerprint density at radius 2 is 1.34 bits per heavy atom. The normalized spacial score (nSPS) is 10.9. The van der Waals surface area contributed by atoms with Crippen molar-refractivity contribution in [1.82, 2.24) is 9.38 Å². The third-order valence-corrected chi connectivity index (χ3v) is 4.96. The van der Waals surface area contributed by atoms with Crippen LogP contribution in [0.15, 0.2) is 109 Å². The Balaban J connectivity index is 1.46. The molecule has 29 heavy (non-hydrogen) atoms. The van der Waals surface area contributed by atoms with Crippen LogP contribution in [0.4, 0.5) is 0 Å². The summed E-state index contributed by atoms with van der Waals surface area (Å²) in [4.78, 5) is 4.98. The zero-order chi connectivity index (χ0) is 19.5. The molecule has 5 aromatic rings. The molecule has 0 fully saturated rings. The molecule has 0 saturated heterocycles. The van der Waals surface area contributed by atoms with Crippen molar-refractivity contribution in [2.75, 3.05) is 0 Å². The van der Waals surface area contributed by atoms with E-state index in [0.29, 0.717) is 6.61 Å². The number of benzene rings is 3. The number of pyridine rings is 1. The molecule has 3 nitrogen and oxygen atoms in total. The van der Waals surface area contributed by atoms with Crippen molar-refractivity contribution in [3.05, 3.63) is 115 Å². The first kappa shape index (κ1) is 17.3. The molecule has 0 aliphatic carbocycles. The molecule has 0 aliphatic rings. The number of ether oxygens (including phenoxy) is 1. The third kappa shape index (κ3) is 3.50. The monoisotopic (exact) mass is 376 g/mol. The molecular formula is C26H20N2O. The molecule has 5 rings (SSSR count). The van der Waals surface area contributed by atoms with Crippen molar-refractivity contribution in [3.8, 4) is 28.4 Å². The molecule has 0 saturated carbocycles. The Labute approximate surface area is 169 Å². The lowest BCUT2D eigenvalue weighted by Gasteiger charge is -2.07. The fourth-order valence-corrected chi connectivity index (χ4v) is 3.49. The van der Waals surface area contributed by atoms with Gasteiger partial charge in [0.2, 0.25) is 0 Å². The van der Waals surface area contributed by atoms with E-state index in [4.69, 9.17) is 9.72 Å². The lowest BCUT2D eigenvalue weighted by molar-refractivity contribution is 0.306. The molecule has 0 radical (unpaired) electrons. The third-order valence-electron chi connectivity index (χ3n) is 4.96. The summed E-state index contributed by atoms with van der Waals surface area (Å²) in [7, 11) is 0. The molecule has 0 spiro atoms. The summed E-state index contributed by atoms with van der Waals surface area (Å²) in [5, 5.41) is 0. The average Bonchev–Trinajstić information content (AvgIpc) is 3.19.